The molecule has 1 aromatic heterocycles. The zero-order valence-corrected chi connectivity index (χ0v) is 15.6. The number of hydrogen-bond acceptors (Lipinski definition) is 6. The quantitative estimate of drug-likeness (QED) is 0.688. The fourth-order valence-corrected chi connectivity index (χ4v) is 3.87. The van der Waals surface area contributed by atoms with Crippen molar-refractivity contribution in [3.63, 3.8) is 0 Å². The first-order valence-corrected chi connectivity index (χ1v) is 10.6. The highest BCUT2D eigenvalue weighted by atomic mass is 32.2. The normalized spacial score (nSPS) is 16.0. The number of benzene rings is 2. The molecular formula is C19H19N3O4S. The van der Waals surface area contributed by atoms with Gasteiger partial charge in [0.2, 0.25) is 15.7 Å². The van der Waals surface area contributed by atoms with Crippen LogP contribution in [-0.2, 0) is 9.84 Å². The minimum Gasteiger partial charge on any atom is -0.412 e. The summed E-state index contributed by atoms with van der Waals surface area (Å²) in [6.45, 7) is 1.12. The molecule has 1 saturated heterocycles. The molecule has 0 spiro atoms. The second-order valence-electron chi connectivity index (χ2n) is 6.77. The number of amides is 1. The van der Waals surface area contributed by atoms with Crippen LogP contribution < -0.4 is 0 Å². The molecule has 1 aliphatic heterocycles. The van der Waals surface area contributed by atoms with Crippen molar-refractivity contribution >= 4 is 26.5 Å². The first kappa shape index (κ1) is 17.7. The summed E-state index contributed by atoms with van der Waals surface area (Å²) in [4.78, 5) is 14.8. The van der Waals surface area contributed by atoms with E-state index in [1.165, 1.54) is 0 Å². The maximum absolute atomic E-state index is 13.0. The van der Waals surface area contributed by atoms with Gasteiger partial charge in [-0.05, 0) is 29.7 Å². The lowest BCUT2D eigenvalue weighted by molar-refractivity contribution is 0.0707. The highest BCUT2D eigenvalue weighted by Crippen LogP contribution is 2.29. The van der Waals surface area contributed by atoms with Gasteiger partial charge in [0.05, 0.1) is 0 Å². The molecule has 0 unspecified atom stereocenters. The number of sulfone groups is 1. The average molecular weight is 385 g/mol. The Hall–Kier alpha value is -2.74. The summed E-state index contributed by atoms with van der Waals surface area (Å²) in [6, 6.07) is 13.6. The first-order chi connectivity index (χ1) is 12.9. The molecule has 140 valence electrons. The molecule has 0 aliphatic carbocycles. The zero-order valence-electron chi connectivity index (χ0n) is 14.8. The van der Waals surface area contributed by atoms with Gasteiger partial charge in [0.1, 0.15) is 0 Å². The van der Waals surface area contributed by atoms with E-state index in [2.05, 4.69) is 10.2 Å². The Labute approximate surface area is 156 Å². The zero-order chi connectivity index (χ0) is 19.0. The first-order valence-electron chi connectivity index (χ1n) is 8.74. The summed E-state index contributed by atoms with van der Waals surface area (Å²) in [6.07, 6.45) is 2.35. The van der Waals surface area contributed by atoms with E-state index in [9.17, 15) is 13.2 Å². The van der Waals surface area contributed by atoms with Crippen LogP contribution in [-0.4, -0.2) is 48.8 Å². The molecule has 0 bridgehead atoms. The topological polar surface area (TPSA) is 93.4 Å². The second-order valence-corrected chi connectivity index (χ2v) is 8.67. The molecule has 4 rings (SSSR count). The molecule has 0 atom stereocenters. The van der Waals surface area contributed by atoms with E-state index in [1.807, 2.05) is 47.4 Å². The van der Waals surface area contributed by atoms with Gasteiger partial charge in [0.25, 0.3) is 5.91 Å². The smallest absolute Gasteiger partial charge is 0.335 e. The van der Waals surface area contributed by atoms with Gasteiger partial charge in [-0.3, -0.25) is 4.79 Å². The minimum atomic E-state index is -3.51. The van der Waals surface area contributed by atoms with Crippen molar-refractivity contribution in [1.82, 2.24) is 15.1 Å². The third-order valence-electron chi connectivity index (χ3n) is 4.89. The molecule has 2 aromatic carbocycles. The third kappa shape index (κ3) is 3.44. The summed E-state index contributed by atoms with van der Waals surface area (Å²) in [7, 11) is -3.51. The van der Waals surface area contributed by atoms with Crippen molar-refractivity contribution in [2.45, 2.75) is 24.0 Å². The van der Waals surface area contributed by atoms with E-state index < -0.39 is 9.84 Å². The van der Waals surface area contributed by atoms with Crippen LogP contribution in [0, 0.1) is 0 Å². The molecule has 8 heteroatoms. The molecule has 2 heterocycles. The van der Waals surface area contributed by atoms with E-state index in [0.29, 0.717) is 37.4 Å². The van der Waals surface area contributed by atoms with Gasteiger partial charge in [-0.25, -0.2) is 8.42 Å². The van der Waals surface area contributed by atoms with Crippen LogP contribution in [0.3, 0.4) is 0 Å². The van der Waals surface area contributed by atoms with Crippen LogP contribution in [0.15, 0.2) is 52.1 Å². The Bertz CT molecular complexity index is 1090. The largest absolute Gasteiger partial charge is 0.412 e. The van der Waals surface area contributed by atoms with Gasteiger partial charge >= 0.3 is 5.22 Å². The number of piperidine rings is 1. The molecule has 3 aromatic rings. The molecule has 1 fully saturated rings. The van der Waals surface area contributed by atoms with E-state index in [-0.39, 0.29) is 17.0 Å². The maximum atomic E-state index is 13.0. The van der Waals surface area contributed by atoms with Crippen molar-refractivity contribution in [1.29, 1.82) is 0 Å². The molecule has 1 amide bonds. The van der Waals surface area contributed by atoms with Crippen LogP contribution >= 0.6 is 0 Å². The average Bonchev–Trinajstić information content (AvgIpc) is 3.18. The Morgan fingerprint density at radius 1 is 1.07 bits per heavy atom. The summed E-state index contributed by atoms with van der Waals surface area (Å²) in [5, 5.41) is 9.12. The number of aromatic nitrogens is 2. The number of carbonyl (C=O) groups is 1. The molecular weight excluding hydrogens is 366 g/mol. The number of likely N-dealkylation sites (tertiary alicyclic amines) is 1. The summed E-state index contributed by atoms with van der Waals surface area (Å²) < 4.78 is 28.3. The van der Waals surface area contributed by atoms with Gasteiger partial charge in [-0.2, -0.15) is 0 Å². The van der Waals surface area contributed by atoms with Crippen LogP contribution in [0.5, 0.6) is 0 Å². The minimum absolute atomic E-state index is 0.00704. The molecule has 27 heavy (non-hydrogen) atoms. The van der Waals surface area contributed by atoms with Crippen molar-refractivity contribution in [2.75, 3.05) is 19.3 Å². The van der Waals surface area contributed by atoms with Gasteiger partial charge in [-0.1, -0.05) is 41.5 Å². The van der Waals surface area contributed by atoms with E-state index in [0.717, 1.165) is 17.0 Å². The van der Waals surface area contributed by atoms with Crippen LogP contribution in [0.4, 0.5) is 0 Å². The number of carbonyl (C=O) groups excluding carboxylic acids is 1. The summed E-state index contributed by atoms with van der Waals surface area (Å²) >= 11 is 0. The SMILES string of the molecule is CS(=O)(=O)c1nnc(C2CCN(C(=O)c3cccc4ccccc34)CC2)o1. The fraction of sp³-hybridized carbons (Fsp3) is 0.316. The van der Waals surface area contributed by atoms with E-state index in [1.54, 1.807) is 0 Å². The number of fused-ring (bicyclic) bond motifs is 1. The Morgan fingerprint density at radius 3 is 2.48 bits per heavy atom. The lowest BCUT2D eigenvalue weighted by Gasteiger charge is -2.30. The van der Waals surface area contributed by atoms with Crippen molar-refractivity contribution in [2.24, 2.45) is 0 Å². The Balaban J connectivity index is 1.49. The van der Waals surface area contributed by atoms with Crippen LogP contribution in [0.25, 0.3) is 10.8 Å². The maximum Gasteiger partial charge on any atom is 0.335 e. The highest BCUT2D eigenvalue weighted by molar-refractivity contribution is 7.90. The molecule has 7 nitrogen and oxygen atoms in total. The number of nitrogens with zero attached hydrogens (tertiary/aromatic N) is 3. The van der Waals surface area contributed by atoms with Gasteiger partial charge < -0.3 is 9.32 Å². The molecule has 0 saturated carbocycles. The molecule has 0 N–H and O–H groups in total. The lowest BCUT2D eigenvalue weighted by Crippen LogP contribution is -2.38. The van der Waals surface area contributed by atoms with Gasteiger partial charge in [0, 0.05) is 30.8 Å². The van der Waals surface area contributed by atoms with Gasteiger partial charge in [0.15, 0.2) is 0 Å². The molecule has 1 aliphatic rings. The predicted octanol–water partition coefficient (Wildman–Crippen LogP) is 2.65. The second kappa shape index (κ2) is 6.77. The Kier molecular flexibility index (Phi) is 4.43. The standard InChI is InChI=1S/C19H19N3O4S/c1-27(24,25)19-21-20-17(26-19)14-9-11-22(12-10-14)18(23)16-8-4-6-13-5-2-3-7-15(13)16/h2-8,14H,9-12H2,1H3. The van der Waals surface area contributed by atoms with E-state index >= 15 is 0 Å². The van der Waals surface area contributed by atoms with Crippen molar-refractivity contribution in [3.05, 3.63) is 53.9 Å². The lowest BCUT2D eigenvalue weighted by atomic mass is 9.95. The third-order valence-corrected chi connectivity index (χ3v) is 5.69. The number of hydrogen-bond donors (Lipinski definition) is 0. The highest BCUT2D eigenvalue weighted by Gasteiger charge is 2.29. The van der Waals surface area contributed by atoms with Crippen LogP contribution in [0.2, 0.25) is 0 Å². The predicted molar refractivity (Wildman–Crippen MR) is 99.2 cm³/mol. The van der Waals surface area contributed by atoms with E-state index in [4.69, 9.17) is 4.42 Å². The summed E-state index contributed by atoms with van der Waals surface area (Å²) in [5.74, 6) is 0.296. The van der Waals surface area contributed by atoms with Crippen molar-refractivity contribution < 1.29 is 17.6 Å². The fourth-order valence-electron chi connectivity index (χ4n) is 3.45. The monoisotopic (exact) mass is 385 g/mol. The van der Waals surface area contributed by atoms with Crippen molar-refractivity contribution in [3.8, 4) is 0 Å². The Morgan fingerprint density at radius 2 is 1.78 bits per heavy atom. The van der Waals surface area contributed by atoms with Gasteiger partial charge in [-0.15, -0.1) is 5.10 Å². The number of rotatable bonds is 3. The van der Waals surface area contributed by atoms with Crippen LogP contribution in [0.1, 0.15) is 35.0 Å². The summed E-state index contributed by atoms with van der Waals surface area (Å²) in [5.41, 5.74) is 0.698. The molecule has 0 radical (unpaired) electrons.